The van der Waals surface area contributed by atoms with E-state index in [1.165, 1.54) is 0 Å². The van der Waals surface area contributed by atoms with Crippen LogP contribution in [0.1, 0.15) is 26.3 Å². The van der Waals surface area contributed by atoms with Crippen molar-refractivity contribution < 1.29 is 4.74 Å². The topological polar surface area (TPSA) is 62.3 Å². The van der Waals surface area contributed by atoms with Crippen LogP contribution in [-0.4, -0.2) is 30.6 Å². The summed E-state index contributed by atoms with van der Waals surface area (Å²) < 4.78 is 6.88. The summed E-state index contributed by atoms with van der Waals surface area (Å²) in [4.78, 5) is 2.31. The van der Waals surface area contributed by atoms with Crippen molar-refractivity contribution in [2.75, 3.05) is 18.0 Å². The maximum Gasteiger partial charge on any atom is 0.122 e. The largest absolute Gasteiger partial charge is 0.384 e. The summed E-state index contributed by atoms with van der Waals surface area (Å²) in [5, 5.41) is 7.47. The van der Waals surface area contributed by atoms with Crippen LogP contribution in [0, 0.1) is 5.41 Å². The minimum atomic E-state index is -0.156. The third kappa shape index (κ3) is 3.28. The summed E-state index contributed by atoms with van der Waals surface area (Å²) in [5.74, 6) is 0.0860. The molecule has 1 aliphatic heterocycles. The van der Waals surface area contributed by atoms with Crippen LogP contribution >= 0.6 is 15.9 Å². The SMILES string of the molecule is CC1CN(c2ccc(C(=N)N)cc2Br)CC(C)(C)O1. The van der Waals surface area contributed by atoms with Crippen molar-refractivity contribution in [1.29, 1.82) is 5.41 Å². The molecule has 0 spiro atoms. The van der Waals surface area contributed by atoms with E-state index >= 15 is 0 Å². The number of halogens is 1. The number of nitrogens with two attached hydrogens (primary N) is 1. The van der Waals surface area contributed by atoms with Gasteiger partial charge in [0.15, 0.2) is 0 Å². The van der Waals surface area contributed by atoms with Gasteiger partial charge in [-0.15, -0.1) is 0 Å². The van der Waals surface area contributed by atoms with Gasteiger partial charge in [0, 0.05) is 23.1 Å². The monoisotopic (exact) mass is 325 g/mol. The number of nitrogen functional groups attached to an aromatic ring is 1. The summed E-state index contributed by atoms with van der Waals surface area (Å²) in [6.07, 6.45) is 0.197. The molecule has 1 saturated heterocycles. The molecule has 1 aromatic rings. The van der Waals surface area contributed by atoms with Gasteiger partial charge in [-0.1, -0.05) is 0 Å². The molecule has 0 bridgehead atoms. The molecule has 104 valence electrons. The Bertz CT molecular complexity index is 501. The van der Waals surface area contributed by atoms with Crippen LogP contribution in [0.4, 0.5) is 5.69 Å². The molecule has 3 N–H and O–H groups in total. The number of hydrogen-bond donors (Lipinski definition) is 2. The minimum absolute atomic E-state index is 0.0860. The van der Waals surface area contributed by atoms with Gasteiger partial charge in [0.2, 0.25) is 0 Å². The van der Waals surface area contributed by atoms with Crippen molar-refractivity contribution in [1.82, 2.24) is 0 Å². The number of hydrogen-bond acceptors (Lipinski definition) is 3. The van der Waals surface area contributed by atoms with E-state index in [1.807, 2.05) is 18.2 Å². The van der Waals surface area contributed by atoms with Gasteiger partial charge in [0.1, 0.15) is 5.84 Å². The second kappa shape index (κ2) is 5.13. The fourth-order valence-electron chi connectivity index (χ4n) is 2.57. The van der Waals surface area contributed by atoms with Crippen molar-refractivity contribution >= 4 is 27.5 Å². The zero-order valence-corrected chi connectivity index (χ0v) is 13.1. The van der Waals surface area contributed by atoms with Crippen LogP contribution in [0.3, 0.4) is 0 Å². The highest BCUT2D eigenvalue weighted by molar-refractivity contribution is 9.10. The molecule has 5 heteroatoms. The fraction of sp³-hybridized carbons (Fsp3) is 0.500. The Kier molecular flexibility index (Phi) is 3.87. The van der Waals surface area contributed by atoms with Gasteiger partial charge < -0.3 is 15.4 Å². The van der Waals surface area contributed by atoms with Gasteiger partial charge in [-0.05, 0) is 54.9 Å². The van der Waals surface area contributed by atoms with Crippen molar-refractivity contribution in [3.8, 4) is 0 Å². The number of nitrogens with zero attached hydrogens (tertiary/aromatic N) is 1. The van der Waals surface area contributed by atoms with E-state index in [0.29, 0.717) is 0 Å². The lowest BCUT2D eigenvalue weighted by Gasteiger charge is -2.43. The third-order valence-corrected chi connectivity index (χ3v) is 3.80. The van der Waals surface area contributed by atoms with Gasteiger partial charge in [0.25, 0.3) is 0 Å². The number of nitrogens with one attached hydrogen (secondary N) is 1. The number of ether oxygens (including phenoxy) is 1. The number of morpholine rings is 1. The number of amidine groups is 1. The Morgan fingerprint density at radius 2 is 2.21 bits per heavy atom. The molecule has 1 heterocycles. The average molecular weight is 326 g/mol. The molecule has 0 saturated carbocycles. The van der Waals surface area contributed by atoms with Crippen molar-refractivity contribution in [3.05, 3.63) is 28.2 Å². The molecular formula is C14H20BrN3O. The Labute approximate surface area is 122 Å². The van der Waals surface area contributed by atoms with Gasteiger partial charge in [-0.3, -0.25) is 5.41 Å². The van der Waals surface area contributed by atoms with Gasteiger partial charge in [0.05, 0.1) is 17.4 Å². The molecule has 0 aliphatic carbocycles. The fourth-order valence-corrected chi connectivity index (χ4v) is 3.20. The second-order valence-electron chi connectivity index (χ2n) is 5.65. The molecule has 1 fully saturated rings. The van der Waals surface area contributed by atoms with Crippen LogP contribution in [0.25, 0.3) is 0 Å². The summed E-state index contributed by atoms with van der Waals surface area (Å²) in [7, 11) is 0. The molecule has 2 rings (SSSR count). The molecule has 0 aromatic heterocycles. The van der Waals surface area contributed by atoms with Crippen molar-refractivity contribution in [2.45, 2.75) is 32.5 Å². The molecule has 0 amide bonds. The van der Waals surface area contributed by atoms with Gasteiger partial charge in [-0.25, -0.2) is 0 Å². The standard InChI is InChI=1S/C14H20BrN3O/c1-9-7-18(8-14(2,3)19-9)12-5-4-10(13(16)17)6-11(12)15/h4-6,9H,7-8H2,1-3H3,(H3,16,17). The Morgan fingerprint density at radius 3 is 2.74 bits per heavy atom. The minimum Gasteiger partial charge on any atom is -0.384 e. The highest BCUT2D eigenvalue weighted by atomic mass is 79.9. The first-order valence-corrected chi connectivity index (χ1v) is 7.14. The molecule has 1 unspecified atom stereocenters. The molecule has 19 heavy (non-hydrogen) atoms. The Morgan fingerprint density at radius 1 is 1.53 bits per heavy atom. The third-order valence-electron chi connectivity index (χ3n) is 3.17. The zero-order chi connectivity index (χ0) is 14.2. The molecule has 1 atom stereocenters. The quantitative estimate of drug-likeness (QED) is 0.649. The maximum absolute atomic E-state index is 7.47. The van der Waals surface area contributed by atoms with E-state index < -0.39 is 0 Å². The zero-order valence-electron chi connectivity index (χ0n) is 11.5. The lowest BCUT2D eigenvalue weighted by Crippen LogP contribution is -2.52. The molecule has 1 aliphatic rings. The highest BCUT2D eigenvalue weighted by Crippen LogP contribution is 2.32. The van der Waals surface area contributed by atoms with Crippen LogP contribution < -0.4 is 10.6 Å². The van der Waals surface area contributed by atoms with Crippen LogP contribution in [0.15, 0.2) is 22.7 Å². The first kappa shape index (κ1) is 14.3. The second-order valence-corrected chi connectivity index (χ2v) is 6.50. The van der Waals surface area contributed by atoms with E-state index in [0.717, 1.165) is 28.8 Å². The molecular weight excluding hydrogens is 306 g/mol. The summed E-state index contributed by atoms with van der Waals surface area (Å²) >= 11 is 3.57. The molecule has 4 nitrogen and oxygen atoms in total. The van der Waals surface area contributed by atoms with E-state index in [1.54, 1.807) is 0 Å². The van der Waals surface area contributed by atoms with Crippen LogP contribution in [0.5, 0.6) is 0 Å². The average Bonchev–Trinajstić information content (AvgIpc) is 2.25. The van der Waals surface area contributed by atoms with Gasteiger partial charge in [-0.2, -0.15) is 0 Å². The highest BCUT2D eigenvalue weighted by Gasteiger charge is 2.32. The first-order valence-electron chi connectivity index (χ1n) is 6.35. The number of rotatable bonds is 2. The first-order chi connectivity index (χ1) is 8.78. The van der Waals surface area contributed by atoms with E-state index in [2.05, 4.69) is 41.6 Å². The predicted octanol–water partition coefficient (Wildman–Crippen LogP) is 2.74. The molecule has 0 radical (unpaired) electrons. The Hall–Kier alpha value is -1.07. The lowest BCUT2D eigenvalue weighted by atomic mass is 10.0. The van der Waals surface area contributed by atoms with Crippen molar-refractivity contribution in [3.63, 3.8) is 0 Å². The summed E-state index contributed by atoms with van der Waals surface area (Å²) in [5.41, 5.74) is 7.20. The van der Waals surface area contributed by atoms with Crippen LogP contribution in [0.2, 0.25) is 0 Å². The van der Waals surface area contributed by atoms with E-state index in [-0.39, 0.29) is 17.5 Å². The van der Waals surface area contributed by atoms with Crippen LogP contribution in [-0.2, 0) is 4.74 Å². The smallest absolute Gasteiger partial charge is 0.122 e. The maximum atomic E-state index is 7.47. The number of anilines is 1. The number of benzene rings is 1. The normalized spacial score (nSPS) is 22.3. The van der Waals surface area contributed by atoms with E-state index in [4.69, 9.17) is 15.9 Å². The van der Waals surface area contributed by atoms with E-state index in [9.17, 15) is 0 Å². The van der Waals surface area contributed by atoms with Gasteiger partial charge >= 0.3 is 0 Å². The lowest BCUT2D eigenvalue weighted by molar-refractivity contribution is -0.0750. The molecule has 1 aromatic carbocycles. The van der Waals surface area contributed by atoms with Crippen molar-refractivity contribution in [2.24, 2.45) is 5.73 Å². The Balaban J connectivity index is 2.29. The predicted molar refractivity (Wildman–Crippen MR) is 82.0 cm³/mol. The summed E-state index contributed by atoms with van der Waals surface area (Å²) in [6.45, 7) is 8.00. The summed E-state index contributed by atoms with van der Waals surface area (Å²) in [6, 6.07) is 5.79.